The maximum absolute atomic E-state index is 12.0. The van der Waals surface area contributed by atoms with Gasteiger partial charge in [-0.15, -0.1) is 0 Å². The van der Waals surface area contributed by atoms with Gasteiger partial charge in [0.1, 0.15) is 17.6 Å². The Labute approximate surface area is 215 Å². The normalized spacial score (nSPS) is 17.3. The molecule has 5 rings (SSSR count). The fourth-order valence-corrected chi connectivity index (χ4v) is 4.87. The molecule has 0 radical (unpaired) electrons. The van der Waals surface area contributed by atoms with Gasteiger partial charge in [-0.25, -0.2) is 4.79 Å². The summed E-state index contributed by atoms with van der Waals surface area (Å²) < 4.78 is 11.3. The summed E-state index contributed by atoms with van der Waals surface area (Å²) in [6, 6.07) is 25.0. The van der Waals surface area contributed by atoms with E-state index >= 15 is 0 Å². The van der Waals surface area contributed by atoms with Crippen LogP contribution in [0.4, 0.5) is 5.69 Å². The summed E-state index contributed by atoms with van der Waals surface area (Å²) in [6.45, 7) is 4.35. The van der Waals surface area contributed by atoms with Crippen molar-refractivity contribution in [3.8, 4) is 11.3 Å². The fraction of sp³-hybridized carbons (Fsp3) is 0.207. The second-order valence-electron chi connectivity index (χ2n) is 9.02. The van der Waals surface area contributed by atoms with Gasteiger partial charge < -0.3 is 19.4 Å². The van der Waals surface area contributed by atoms with E-state index < -0.39 is 0 Å². The van der Waals surface area contributed by atoms with Crippen LogP contribution < -0.4 is 10.2 Å². The average molecular weight is 498 g/mol. The highest BCUT2D eigenvalue weighted by Crippen LogP contribution is 2.43. The lowest BCUT2D eigenvalue weighted by Crippen LogP contribution is -2.29. The molecule has 1 fully saturated rings. The van der Waals surface area contributed by atoms with E-state index in [0.717, 1.165) is 22.7 Å². The van der Waals surface area contributed by atoms with E-state index in [2.05, 4.69) is 53.3 Å². The molecule has 1 aliphatic rings. The van der Waals surface area contributed by atoms with Gasteiger partial charge in [0.15, 0.2) is 5.11 Å². The van der Waals surface area contributed by atoms with E-state index in [4.69, 9.17) is 21.4 Å². The van der Waals surface area contributed by atoms with Crippen molar-refractivity contribution in [2.75, 3.05) is 12.0 Å². The first-order valence-electron chi connectivity index (χ1n) is 11.9. The first kappa shape index (κ1) is 23.8. The van der Waals surface area contributed by atoms with Crippen molar-refractivity contribution in [3.05, 3.63) is 108 Å². The number of anilines is 1. The first-order valence-corrected chi connectivity index (χ1v) is 12.3. The van der Waals surface area contributed by atoms with Crippen molar-refractivity contribution < 1.29 is 13.9 Å². The molecule has 0 aliphatic carbocycles. The number of carbonyl (C=O) groups excluding carboxylic acids is 1. The van der Waals surface area contributed by atoms with E-state index in [0.29, 0.717) is 22.4 Å². The van der Waals surface area contributed by atoms with Gasteiger partial charge in [0, 0.05) is 17.4 Å². The summed E-state index contributed by atoms with van der Waals surface area (Å²) in [5.41, 5.74) is 4.37. The number of benzene rings is 2. The number of pyridine rings is 1. The zero-order valence-electron chi connectivity index (χ0n) is 20.3. The zero-order chi connectivity index (χ0) is 25.2. The number of nitrogens with zero attached hydrogens (tertiary/aromatic N) is 2. The Morgan fingerprint density at radius 1 is 1.06 bits per heavy atom. The molecule has 0 bridgehead atoms. The minimum atomic E-state index is -0.389. The summed E-state index contributed by atoms with van der Waals surface area (Å²) in [7, 11) is 1.37. The number of thiocarbonyl (C=S) groups is 1. The van der Waals surface area contributed by atoms with E-state index in [1.54, 1.807) is 18.3 Å². The number of aromatic nitrogens is 1. The number of esters is 1. The Kier molecular flexibility index (Phi) is 6.57. The Morgan fingerprint density at radius 2 is 1.86 bits per heavy atom. The maximum Gasteiger partial charge on any atom is 0.337 e. The Bertz CT molecular complexity index is 1380. The van der Waals surface area contributed by atoms with Crippen molar-refractivity contribution in [1.29, 1.82) is 0 Å². The van der Waals surface area contributed by atoms with Gasteiger partial charge in [-0.2, -0.15) is 0 Å². The number of carbonyl (C=O) groups is 1. The third-order valence-electron chi connectivity index (χ3n) is 6.42. The largest absolute Gasteiger partial charge is 0.465 e. The molecule has 0 amide bonds. The van der Waals surface area contributed by atoms with Crippen LogP contribution in [0.3, 0.4) is 0 Å². The third kappa shape index (κ3) is 4.50. The molecule has 36 heavy (non-hydrogen) atoms. The number of hydrogen-bond acceptors (Lipinski definition) is 5. The highest BCUT2D eigenvalue weighted by molar-refractivity contribution is 7.80. The van der Waals surface area contributed by atoms with Crippen LogP contribution in [-0.4, -0.2) is 23.2 Å². The molecule has 6 nitrogen and oxygen atoms in total. The van der Waals surface area contributed by atoms with Crippen LogP contribution in [0.15, 0.2) is 89.5 Å². The maximum atomic E-state index is 12.0. The Morgan fingerprint density at radius 3 is 2.56 bits per heavy atom. The number of methoxy groups -OCH3 is 1. The lowest BCUT2D eigenvalue weighted by atomic mass is 10.0. The molecule has 3 heterocycles. The lowest BCUT2D eigenvalue weighted by molar-refractivity contribution is 0.0601. The molecule has 1 saturated heterocycles. The van der Waals surface area contributed by atoms with Gasteiger partial charge in [-0.3, -0.25) is 4.98 Å². The smallest absolute Gasteiger partial charge is 0.337 e. The molecule has 4 aromatic rings. The monoisotopic (exact) mass is 497 g/mol. The molecular weight excluding hydrogens is 470 g/mol. The quantitative estimate of drug-likeness (QED) is 0.243. The number of hydrogen-bond donors (Lipinski definition) is 1. The summed E-state index contributed by atoms with van der Waals surface area (Å²) >= 11 is 5.81. The van der Waals surface area contributed by atoms with Crippen molar-refractivity contribution in [2.45, 2.75) is 31.8 Å². The number of nitrogens with one attached hydrogen (secondary N) is 1. The Balaban J connectivity index is 1.56. The topological polar surface area (TPSA) is 67.6 Å². The van der Waals surface area contributed by atoms with Crippen LogP contribution in [-0.2, 0) is 4.74 Å². The van der Waals surface area contributed by atoms with Crippen LogP contribution in [0.5, 0.6) is 0 Å². The highest BCUT2D eigenvalue weighted by Gasteiger charge is 2.42. The molecule has 0 saturated carbocycles. The molecule has 1 aliphatic heterocycles. The molecule has 0 unspecified atom stereocenters. The molecule has 2 aromatic carbocycles. The van der Waals surface area contributed by atoms with Gasteiger partial charge in [-0.05, 0) is 72.2 Å². The van der Waals surface area contributed by atoms with Crippen molar-refractivity contribution >= 4 is 29.0 Å². The zero-order valence-corrected chi connectivity index (χ0v) is 21.2. The number of furan rings is 1. The van der Waals surface area contributed by atoms with Crippen LogP contribution in [0.25, 0.3) is 11.3 Å². The molecule has 2 atom stereocenters. The van der Waals surface area contributed by atoms with Gasteiger partial charge >= 0.3 is 5.97 Å². The van der Waals surface area contributed by atoms with Crippen LogP contribution in [0.1, 0.15) is 59.2 Å². The second kappa shape index (κ2) is 9.95. The minimum absolute atomic E-state index is 0.205. The van der Waals surface area contributed by atoms with Crippen LogP contribution in [0, 0.1) is 0 Å². The van der Waals surface area contributed by atoms with Crippen LogP contribution >= 0.6 is 12.2 Å². The summed E-state index contributed by atoms with van der Waals surface area (Å²) in [5, 5.41) is 4.07. The lowest BCUT2D eigenvalue weighted by Gasteiger charge is -2.26. The third-order valence-corrected chi connectivity index (χ3v) is 6.74. The minimum Gasteiger partial charge on any atom is -0.465 e. The summed E-state index contributed by atoms with van der Waals surface area (Å²) in [4.78, 5) is 18.7. The van der Waals surface area contributed by atoms with E-state index in [9.17, 15) is 4.79 Å². The molecule has 0 spiro atoms. The van der Waals surface area contributed by atoms with Gasteiger partial charge in [0.05, 0.1) is 24.4 Å². The van der Waals surface area contributed by atoms with E-state index in [1.165, 1.54) is 12.7 Å². The first-order chi connectivity index (χ1) is 17.5. The fourth-order valence-electron chi connectivity index (χ4n) is 4.53. The average Bonchev–Trinajstić information content (AvgIpc) is 3.53. The van der Waals surface area contributed by atoms with Gasteiger partial charge in [0.25, 0.3) is 0 Å². The second-order valence-corrected chi connectivity index (χ2v) is 9.40. The Hall–Kier alpha value is -3.97. The van der Waals surface area contributed by atoms with Crippen molar-refractivity contribution in [1.82, 2.24) is 10.3 Å². The predicted molar refractivity (Wildman–Crippen MR) is 144 cm³/mol. The molecule has 7 heteroatoms. The number of ether oxygens (including phenoxy) is 1. The van der Waals surface area contributed by atoms with Crippen molar-refractivity contribution in [3.63, 3.8) is 0 Å². The van der Waals surface area contributed by atoms with E-state index in [1.807, 2.05) is 42.5 Å². The van der Waals surface area contributed by atoms with Crippen LogP contribution in [0.2, 0.25) is 0 Å². The summed E-state index contributed by atoms with van der Waals surface area (Å²) in [5.74, 6) is 1.45. The molecular formula is C29H27N3O3S. The predicted octanol–water partition coefficient (Wildman–Crippen LogP) is 6.43. The van der Waals surface area contributed by atoms with E-state index in [-0.39, 0.29) is 18.1 Å². The van der Waals surface area contributed by atoms with Crippen molar-refractivity contribution in [2.24, 2.45) is 0 Å². The highest BCUT2D eigenvalue weighted by atomic mass is 32.1. The van der Waals surface area contributed by atoms with Gasteiger partial charge in [-0.1, -0.05) is 44.2 Å². The standard InChI is InChI=1S/C29H27N3O3S/c1-18(2)19-10-12-22(13-11-19)32-27(26(31-29(32)36)23-9-4-5-16-30-23)25-15-14-24(35-25)20-7-6-8-21(17-20)28(33)34-3/h4-18,26-27H,1-3H3,(H,31,36)/t26-,27-/m0/s1. The number of rotatable bonds is 6. The summed E-state index contributed by atoms with van der Waals surface area (Å²) in [6.07, 6.45) is 1.78. The molecule has 182 valence electrons. The molecule has 2 aromatic heterocycles. The molecule has 1 N–H and O–H groups in total. The SMILES string of the molecule is COC(=O)c1cccc(-c2ccc([C@H]3[C@H](c4ccccn4)NC(=S)N3c3ccc(C(C)C)cc3)o2)c1. The van der Waals surface area contributed by atoms with Gasteiger partial charge in [0.2, 0.25) is 0 Å².